The zero-order valence-corrected chi connectivity index (χ0v) is 12.0. The van der Waals surface area contributed by atoms with Crippen molar-refractivity contribution in [1.82, 2.24) is 4.98 Å². The van der Waals surface area contributed by atoms with Crippen LogP contribution < -0.4 is 5.73 Å². The van der Waals surface area contributed by atoms with E-state index in [2.05, 4.69) is 4.98 Å². The van der Waals surface area contributed by atoms with E-state index in [1.165, 1.54) is 12.1 Å². The van der Waals surface area contributed by atoms with Crippen LogP contribution in [0.15, 0.2) is 47.6 Å². The first-order chi connectivity index (χ1) is 9.06. The van der Waals surface area contributed by atoms with Gasteiger partial charge in [-0.15, -0.1) is 11.8 Å². The van der Waals surface area contributed by atoms with Gasteiger partial charge in [-0.2, -0.15) is 0 Å². The van der Waals surface area contributed by atoms with E-state index in [-0.39, 0.29) is 17.1 Å². The summed E-state index contributed by atoms with van der Waals surface area (Å²) in [6.07, 6.45) is 1.61. The first kappa shape index (κ1) is 14.3. The van der Waals surface area contributed by atoms with Crippen LogP contribution in [0.25, 0.3) is 0 Å². The molecule has 1 heterocycles. The normalized spacial score (nSPS) is 14.1. The Labute approximate surface area is 121 Å². The molecule has 100 valence electrons. The predicted molar refractivity (Wildman–Crippen MR) is 77.9 cm³/mol. The van der Waals surface area contributed by atoms with Gasteiger partial charge in [0.25, 0.3) is 0 Å². The number of nitrogens with zero attached hydrogens (tertiary/aromatic N) is 1. The van der Waals surface area contributed by atoms with Crippen molar-refractivity contribution in [3.63, 3.8) is 0 Å². The highest BCUT2D eigenvalue weighted by atomic mass is 35.5. The molecule has 2 N–H and O–H groups in total. The maximum absolute atomic E-state index is 12.9. The molecule has 0 aliphatic rings. The zero-order valence-electron chi connectivity index (χ0n) is 10.4. The van der Waals surface area contributed by atoms with Gasteiger partial charge in [0, 0.05) is 17.5 Å². The van der Waals surface area contributed by atoms with Gasteiger partial charge in [0.1, 0.15) is 5.82 Å². The maximum Gasteiger partial charge on any atom is 0.123 e. The quantitative estimate of drug-likeness (QED) is 0.865. The molecule has 2 rings (SSSR count). The SMILES string of the molecule is CC(Sc1ccc(Cl)cn1)C(N)c1ccc(F)cc1. The number of benzene rings is 1. The van der Waals surface area contributed by atoms with E-state index in [0.717, 1.165) is 10.6 Å². The van der Waals surface area contributed by atoms with Crippen LogP contribution in [0.4, 0.5) is 4.39 Å². The molecule has 0 bridgehead atoms. The van der Waals surface area contributed by atoms with E-state index >= 15 is 0 Å². The minimum Gasteiger partial charge on any atom is -0.323 e. The lowest BCUT2D eigenvalue weighted by atomic mass is 10.1. The van der Waals surface area contributed by atoms with Crippen LogP contribution in [0.1, 0.15) is 18.5 Å². The molecule has 2 aromatic rings. The van der Waals surface area contributed by atoms with Crippen LogP contribution in [0, 0.1) is 5.82 Å². The summed E-state index contributed by atoms with van der Waals surface area (Å²) in [5.74, 6) is -0.254. The summed E-state index contributed by atoms with van der Waals surface area (Å²) in [4.78, 5) is 4.22. The van der Waals surface area contributed by atoms with Gasteiger partial charge in [0.05, 0.1) is 10.0 Å². The number of pyridine rings is 1. The van der Waals surface area contributed by atoms with Crippen molar-refractivity contribution < 1.29 is 4.39 Å². The van der Waals surface area contributed by atoms with Crippen LogP contribution >= 0.6 is 23.4 Å². The smallest absolute Gasteiger partial charge is 0.123 e. The number of rotatable bonds is 4. The fourth-order valence-corrected chi connectivity index (χ4v) is 2.71. The van der Waals surface area contributed by atoms with Gasteiger partial charge < -0.3 is 5.73 Å². The summed E-state index contributed by atoms with van der Waals surface area (Å²) < 4.78 is 12.9. The van der Waals surface area contributed by atoms with E-state index < -0.39 is 0 Å². The average Bonchev–Trinajstić information content (AvgIpc) is 2.41. The molecule has 19 heavy (non-hydrogen) atoms. The third-order valence-electron chi connectivity index (χ3n) is 2.77. The molecular formula is C14H14ClFN2S. The minimum absolute atomic E-state index is 0.124. The third-order valence-corrected chi connectivity index (χ3v) is 4.14. The molecule has 0 aliphatic heterocycles. The van der Waals surface area contributed by atoms with E-state index in [9.17, 15) is 4.39 Å². The summed E-state index contributed by atoms with van der Waals surface area (Å²) in [6, 6.07) is 9.76. The van der Waals surface area contributed by atoms with Gasteiger partial charge in [-0.05, 0) is 29.8 Å². The summed E-state index contributed by atoms with van der Waals surface area (Å²) in [5, 5.41) is 1.61. The zero-order chi connectivity index (χ0) is 13.8. The topological polar surface area (TPSA) is 38.9 Å². The van der Waals surface area contributed by atoms with E-state index in [4.69, 9.17) is 17.3 Å². The molecule has 2 nitrogen and oxygen atoms in total. The Morgan fingerprint density at radius 3 is 2.47 bits per heavy atom. The standard InChI is InChI=1S/C14H14ClFN2S/c1-9(19-13-7-4-11(15)8-18-13)14(17)10-2-5-12(16)6-3-10/h2-9,14H,17H2,1H3. The van der Waals surface area contributed by atoms with Gasteiger partial charge >= 0.3 is 0 Å². The lowest BCUT2D eigenvalue weighted by Crippen LogP contribution is -2.21. The van der Waals surface area contributed by atoms with Gasteiger partial charge in [0.2, 0.25) is 0 Å². The Balaban J connectivity index is 2.04. The Kier molecular flexibility index (Phi) is 4.80. The first-order valence-electron chi connectivity index (χ1n) is 5.85. The van der Waals surface area contributed by atoms with Crippen molar-refractivity contribution in [3.8, 4) is 0 Å². The molecule has 5 heteroatoms. The summed E-state index contributed by atoms with van der Waals surface area (Å²) >= 11 is 7.36. The number of halogens is 2. The highest BCUT2D eigenvalue weighted by Gasteiger charge is 2.16. The molecule has 0 radical (unpaired) electrons. The van der Waals surface area contributed by atoms with Crippen LogP contribution in [0.3, 0.4) is 0 Å². The lowest BCUT2D eigenvalue weighted by molar-refractivity contribution is 0.624. The molecule has 0 saturated heterocycles. The molecule has 0 aliphatic carbocycles. The molecular weight excluding hydrogens is 283 g/mol. The van der Waals surface area contributed by atoms with Crippen molar-refractivity contribution in [3.05, 3.63) is 59.0 Å². The Morgan fingerprint density at radius 1 is 1.21 bits per heavy atom. The second-order valence-corrected chi connectivity index (χ2v) is 6.05. The summed E-state index contributed by atoms with van der Waals surface area (Å²) in [6.45, 7) is 2.02. The van der Waals surface area contributed by atoms with Crippen LogP contribution in [0.5, 0.6) is 0 Å². The van der Waals surface area contributed by atoms with Crippen molar-refractivity contribution in [2.75, 3.05) is 0 Å². The fourth-order valence-electron chi connectivity index (χ4n) is 1.65. The third kappa shape index (κ3) is 3.93. The second-order valence-electron chi connectivity index (χ2n) is 4.21. The number of hydrogen-bond acceptors (Lipinski definition) is 3. The van der Waals surface area contributed by atoms with Crippen molar-refractivity contribution in [1.29, 1.82) is 0 Å². The second kappa shape index (κ2) is 6.37. The Bertz CT molecular complexity index is 530. The molecule has 2 unspecified atom stereocenters. The molecule has 0 saturated carbocycles. The number of thioether (sulfide) groups is 1. The summed E-state index contributed by atoms with van der Waals surface area (Å²) in [7, 11) is 0. The minimum atomic E-state index is -0.254. The molecule has 0 fully saturated rings. The lowest BCUT2D eigenvalue weighted by Gasteiger charge is -2.19. The first-order valence-corrected chi connectivity index (χ1v) is 7.11. The van der Waals surface area contributed by atoms with Crippen LogP contribution in [-0.4, -0.2) is 10.2 Å². The summed E-state index contributed by atoms with van der Waals surface area (Å²) in [5.41, 5.74) is 7.08. The number of aromatic nitrogens is 1. The Morgan fingerprint density at radius 2 is 1.89 bits per heavy atom. The van der Waals surface area contributed by atoms with Gasteiger partial charge in [-0.1, -0.05) is 30.7 Å². The molecule has 1 aromatic carbocycles. The molecule has 0 spiro atoms. The number of hydrogen-bond donors (Lipinski definition) is 1. The molecule has 1 aromatic heterocycles. The van der Waals surface area contributed by atoms with E-state index in [0.29, 0.717) is 5.02 Å². The van der Waals surface area contributed by atoms with Gasteiger partial charge in [-0.25, -0.2) is 9.37 Å². The fraction of sp³-hybridized carbons (Fsp3) is 0.214. The largest absolute Gasteiger partial charge is 0.323 e. The molecule has 2 atom stereocenters. The predicted octanol–water partition coefficient (Wildman–Crippen LogP) is 4.05. The highest BCUT2D eigenvalue weighted by molar-refractivity contribution is 7.99. The highest BCUT2D eigenvalue weighted by Crippen LogP contribution is 2.29. The van der Waals surface area contributed by atoms with Crippen molar-refractivity contribution in [2.24, 2.45) is 5.73 Å². The van der Waals surface area contributed by atoms with E-state index in [1.54, 1.807) is 36.2 Å². The van der Waals surface area contributed by atoms with Crippen LogP contribution in [-0.2, 0) is 0 Å². The van der Waals surface area contributed by atoms with Crippen molar-refractivity contribution >= 4 is 23.4 Å². The van der Waals surface area contributed by atoms with Crippen molar-refractivity contribution in [2.45, 2.75) is 23.2 Å². The molecule has 0 amide bonds. The maximum atomic E-state index is 12.9. The monoisotopic (exact) mass is 296 g/mol. The average molecular weight is 297 g/mol. The Hall–Kier alpha value is -1.10. The number of nitrogens with two attached hydrogens (primary N) is 1. The van der Waals surface area contributed by atoms with Gasteiger partial charge in [0.15, 0.2) is 0 Å². The van der Waals surface area contributed by atoms with E-state index in [1.807, 2.05) is 13.0 Å². The van der Waals surface area contributed by atoms with Gasteiger partial charge in [-0.3, -0.25) is 0 Å². The van der Waals surface area contributed by atoms with Crippen LogP contribution in [0.2, 0.25) is 5.02 Å².